The molecule has 9 heteroatoms. The first-order chi connectivity index (χ1) is 13.3. The number of carbonyl (C=O) groups excluding carboxylic acids is 2. The molecular weight excluding hydrogens is 381 g/mol. The molecule has 1 heterocycles. The molecule has 1 unspecified atom stereocenters. The molecule has 29 heavy (non-hydrogen) atoms. The standard InChI is InChI=1S/C20H28FN3O5/c1-19(2,3)28-17(25)23-11-16(24(27)18(26)29-20(4,5)6)14-10-22-15-8-7-12(21)9-13(14)15/h7-10,16,22,27H,11H2,1-6H3,(H,23,25). The van der Waals surface area contributed by atoms with Crippen LogP contribution in [0.15, 0.2) is 24.4 Å². The maximum absolute atomic E-state index is 13.8. The highest BCUT2D eigenvalue weighted by Crippen LogP contribution is 2.29. The maximum atomic E-state index is 13.8. The van der Waals surface area contributed by atoms with E-state index < -0.39 is 35.2 Å². The van der Waals surface area contributed by atoms with E-state index in [-0.39, 0.29) is 6.54 Å². The Balaban J connectivity index is 2.33. The van der Waals surface area contributed by atoms with Crippen molar-refractivity contribution >= 4 is 23.1 Å². The van der Waals surface area contributed by atoms with E-state index in [9.17, 15) is 19.2 Å². The van der Waals surface area contributed by atoms with Crippen molar-refractivity contribution in [3.05, 3.63) is 35.8 Å². The van der Waals surface area contributed by atoms with E-state index in [1.54, 1.807) is 53.8 Å². The zero-order valence-corrected chi connectivity index (χ0v) is 17.5. The summed E-state index contributed by atoms with van der Waals surface area (Å²) in [4.78, 5) is 27.4. The van der Waals surface area contributed by atoms with Gasteiger partial charge in [0.05, 0.1) is 0 Å². The SMILES string of the molecule is CC(C)(C)OC(=O)NCC(c1c[nH]c2ccc(F)cc12)N(O)C(=O)OC(C)(C)C. The van der Waals surface area contributed by atoms with Gasteiger partial charge in [0.1, 0.15) is 23.1 Å². The van der Waals surface area contributed by atoms with Crippen molar-refractivity contribution in [3.63, 3.8) is 0 Å². The molecule has 0 aliphatic heterocycles. The number of rotatable bonds is 4. The minimum atomic E-state index is -1.05. The fourth-order valence-corrected chi connectivity index (χ4v) is 2.65. The zero-order chi connectivity index (χ0) is 22.0. The number of benzene rings is 1. The molecular formula is C20H28FN3O5. The molecule has 1 aromatic heterocycles. The van der Waals surface area contributed by atoms with Crippen LogP contribution in [0.1, 0.15) is 53.1 Å². The predicted octanol–water partition coefficient (Wildman–Crippen LogP) is 4.50. The molecule has 0 radical (unpaired) electrons. The number of nitrogens with zero attached hydrogens (tertiary/aromatic N) is 1. The van der Waals surface area contributed by atoms with Crippen molar-refractivity contribution < 1.29 is 28.7 Å². The molecule has 2 amide bonds. The Bertz CT molecular complexity index is 882. The number of hydrogen-bond donors (Lipinski definition) is 3. The molecule has 0 spiro atoms. The lowest BCUT2D eigenvalue weighted by atomic mass is 10.1. The van der Waals surface area contributed by atoms with Crippen molar-refractivity contribution in [1.82, 2.24) is 15.4 Å². The maximum Gasteiger partial charge on any atom is 0.434 e. The number of fused-ring (bicyclic) bond motifs is 1. The van der Waals surface area contributed by atoms with E-state index in [0.29, 0.717) is 21.5 Å². The van der Waals surface area contributed by atoms with Gasteiger partial charge < -0.3 is 19.8 Å². The van der Waals surface area contributed by atoms with Crippen LogP contribution in [-0.2, 0) is 9.47 Å². The summed E-state index contributed by atoms with van der Waals surface area (Å²) >= 11 is 0. The summed E-state index contributed by atoms with van der Waals surface area (Å²) in [6, 6.07) is 3.07. The number of alkyl carbamates (subject to hydrolysis) is 1. The molecule has 2 rings (SSSR count). The second-order valence-corrected chi connectivity index (χ2v) is 8.66. The molecule has 160 valence electrons. The number of aromatic amines is 1. The quantitative estimate of drug-likeness (QED) is 0.510. The number of nitrogens with one attached hydrogen (secondary N) is 2. The summed E-state index contributed by atoms with van der Waals surface area (Å²) in [7, 11) is 0. The van der Waals surface area contributed by atoms with Gasteiger partial charge >= 0.3 is 12.2 Å². The molecule has 8 nitrogen and oxygen atoms in total. The lowest BCUT2D eigenvalue weighted by Crippen LogP contribution is -2.43. The monoisotopic (exact) mass is 409 g/mol. The third-order valence-corrected chi connectivity index (χ3v) is 3.75. The highest BCUT2D eigenvalue weighted by molar-refractivity contribution is 5.84. The highest BCUT2D eigenvalue weighted by atomic mass is 19.1. The number of hydroxylamine groups is 2. The number of amides is 2. The molecule has 2 aromatic rings. The van der Waals surface area contributed by atoms with E-state index in [4.69, 9.17) is 9.47 Å². The summed E-state index contributed by atoms with van der Waals surface area (Å²) in [5.41, 5.74) is -0.536. The first kappa shape index (κ1) is 22.5. The van der Waals surface area contributed by atoms with Gasteiger partial charge in [-0.15, -0.1) is 0 Å². The van der Waals surface area contributed by atoms with E-state index >= 15 is 0 Å². The average molecular weight is 409 g/mol. The topological polar surface area (TPSA) is 104 Å². The largest absolute Gasteiger partial charge is 0.444 e. The zero-order valence-electron chi connectivity index (χ0n) is 17.5. The minimum Gasteiger partial charge on any atom is -0.444 e. The third-order valence-electron chi connectivity index (χ3n) is 3.75. The predicted molar refractivity (Wildman–Crippen MR) is 105 cm³/mol. The fourth-order valence-electron chi connectivity index (χ4n) is 2.65. The van der Waals surface area contributed by atoms with Gasteiger partial charge in [-0.2, -0.15) is 5.06 Å². The number of carbonyl (C=O) groups is 2. The Morgan fingerprint density at radius 2 is 1.79 bits per heavy atom. The highest BCUT2D eigenvalue weighted by Gasteiger charge is 2.31. The summed E-state index contributed by atoms with van der Waals surface area (Å²) in [5.74, 6) is -0.473. The molecule has 0 bridgehead atoms. The van der Waals surface area contributed by atoms with Crippen molar-refractivity contribution in [3.8, 4) is 0 Å². The van der Waals surface area contributed by atoms with Gasteiger partial charge in [0.15, 0.2) is 0 Å². The first-order valence-corrected chi connectivity index (χ1v) is 9.21. The Morgan fingerprint density at radius 3 is 2.38 bits per heavy atom. The Labute approximate surface area is 168 Å². The first-order valence-electron chi connectivity index (χ1n) is 9.21. The van der Waals surface area contributed by atoms with Crippen molar-refractivity contribution in [2.75, 3.05) is 6.54 Å². The van der Waals surface area contributed by atoms with Crippen LogP contribution in [0.5, 0.6) is 0 Å². The van der Waals surface area contributed by atoms with Crippen LogP contribution in [-0.4, -0.2) is 45.2 Å². The van der Waals surface area contributed by atoms with Gasteiger partial charge in [0, 0.05) is 29.2 Å². The van der Waals surface area contributed by atoms with Gasteiger partial charge in [-0.3, -0.25) is 5.21 Å². The van der Waals surface area contributed by atoms with Crippen molar-refractivity contribution in [2.24, 2.45) is 0 Å². The van der Waals surface area contributed by atoms with Crippen LogP contribution in [0.2, 0.25) is 0 Å². The molecule has 0 saturated heterocycles. The number of H-pyrrole nitrogens is 1. The second kappa shape index (κ2) is 8.28. The third kappa shape index (κ3) is 6.35. The normalized spacial score (nSPS) is 13.1. The van der Waals surface area contributed by atoms with Gasteiger partial charge in [0.2, 0.25) is 0 Å². The summed E-state index contributed by atoms with van der Waals surface area (Å²) in [6.07, 6.45) is -0.176. The molecule has 0 aliphatic rings. The molecule has 0 aliphatic carbocycles. The van der Waals surface area contributed by atoms with Crippen LogP contribution in [0, 0.1) is 5.82 Å². The van der Waals surface area contributed by atoms with Crippen molar-refractivity contribution in [1.29, 1.82) is 0 Å². The number of halogens is 1. The molecule has 1 aromatic carbocycles. The minimum absolute atomic E-state index is 0.186. The van der Waals surface area contributed by atoms with Gasteiger partial charge in [-0.1, -0.05) is 0 Å². The van der Waals surface area contributed by atoms with Crippen LogP contribution in [0.3, 0.4) is 0 Å². The van der Waals surface area contributed by atoms with Crippen molar-refractivity contribution in [2.45, 2.75) is 58.8 Å². The number of hydrogen-bond acceptors (Lipinski definition) is 5. The smallest absolute Gasteiger partial charge is 0.434 e. The summed E-state index contributed by atoms with van der Waals surface area (Å²) < 4.78 is 24.2. The molecule has 0 saturated carbocycles. The van der Waals surface area contributed by atoms with Gasteiger partial charge in [-0.25, -0.2) is 14.0 Å². The Kier molecular flexibility index (Phi) is 6.42. The second-order valence-electron chi connectivity index (χ2n) is 8.66. The lowest BCUT2D eigenvalue weighted by Gasteiger charge is -2.29. The Hall–Kier alpha value is -2.81. The van der Waals surface area contributed by atoms with E-state index in [1.165, 1.54) is 12.1 Å². The van der Waals surface area contributed by atoms with Gasteiger partial charge in [-0.05, 0) is 59.7 Å². The summed E-state index contributed by atoms with van der Waals surface area (Å²) in [6.45, 7) is 9.94. The van der Waals surface area contributed by atoms with Gasteiger partial charge in [0.25, 0.3) is 0 Å². The van der Waals surface area contributed by atoms with E-state index in [0.717, 1.165) is 0 Å². The number of ether oxygens (including phenoxy) is 2. The average Bonchev–Trinajstić information content (AvgIpc) is 2.94. The Morgan fingerprint density at radius 1 is 1.17 bits per heavy atom. The van der Waals surface area contributed by atoms with Crippen LogP contribution < -0.4 is 5.32 Å². The van der Waals surface area contributed by atoms with E-state index in [2.05, 4.69) is 10.3 Å². The molecule has 1 atom stereocenters. The van der Waals surface area contributed by atoms with Crippen LogP contribution in [0.25, 0.3) is 10.9 Å². The molecule has 3 N–H and O–H groups in total. The lowest BCUT2D eigenvalue weighted by molar-refractivity contribution is -0.120. The molecule has 0 fully saturated rings. The van der Waals surface area contributed by atoms with Crippen LogP contribution >= 0.6 is 0 Å². The van der Waals surface area contributed by atoms with Crippen LogP contribution in [0.4, 0.5) is 14.0 Å². The number of aromatic nitrogens is 1. The fraction of sp³-hybridized carbons (Fsp3) is 0.500. The summed E-state index contributed by atoms with van der Waals surface area (Å²) in [5, 5.41) is 13.9. The van der Waals surface area contributed by atoms with E-state index in [1.807, 2.05) is 0 Å².